The summed E-state index contributed by atoms with van der Waals surface area (Å²) in [7, 11) is 0. The molecule has 0 atom stereocenters. The van der Waals surface area contributed by atoms with Crippen LogP contribution in [0.1, 0.15) is 48.2 Å². The number of benzene rings is 1. The highest BCUT2D eigenvalue weighted by Gasteiger charge is 2.40. The molecule has 1 aliphatic heterocycles. The van der Waals surface area contributed by atoms with Crippen molar-refractivity contribution in [2.75, 3.05) is 19.7 Å². The number of nitrogens with zero attached hydrogens (tertiary/aromatic N) is 2. The van der Waals surface area contributed by atoms with Crippen molar-refractivity contribution in [3.8, 4) is 11.3 Å². The predicted octanol–water partition coefficient (Wildman–Crippen LogP) is 3.96. The molecule has 2 aliphatic rings. The second kappa shape index (κ2) is 6.83. The number of hydrogen-bond donors (Lipinski definition) is 0. The fourth-order valence-electron chi connectivity index (χ4n) is 4.10. The zero-order valence-corrected chi connectivity index (χ0v) is 15.0. The lowest BCUT2D eigenvalue weighted by Gasteiger charge is -2.45. The predicted molar refractivity (Wildman–Crippen MR) is 94.3 cm³/mol. The van der Waals surface area contributed by atoms with Crippen LogP contribution in [0.2, 0.25) is 0 Å². The van der Waals surface area contributed by atoms with E-state index in [9.17, 15) is 9.18 Å². The lowest BCUT2D eigenvalue weighted by atomic mass is 9.83. The SMILES string of the molecule is Cc1onc(-c2ccc(F)cc2)c1C(=O)N1CCOC2(CCCCC2)C1. The van der Waals surface area contributed by atoms with Crippen molar-refractivity contribution in [1.82, 2.24) is 10.1 Å². The summed E-state index contributed by atoms with van der Waals surface area (Å²) in [5, 5.41) is 4.06. The molecule has 4 rings (SSSR count). The smallest absolute Gasteiger partial charge is 0.259 e. The molecule has 1 aromatic heterocycles. The number of carbonyl (C=O) groups is 1. The Labute approximate surface area is 152 Å². The number of aromatic nitrogens is 1. The molecule has 0 unspecified atom stereocenters. The Hall–Kier alpha value is -2.21. The van der Waals surface area contributed by atoms with Crippen molar-refractivity contribution in [3.05, 3.63) is 41.4 Å². The number of ether oxygens (including phenoxy) is 1. The summed E-state index contributed by atoms with van der Waals surface area (Å²) < 4.78 is 24.6. The first kappa shape index (κ1) is 17.2. The molecule has 1 saturated heterocycles. The van der Waals surface area contributed by atoms with Gasteiger partial charge in [-0.25, -0.2) is 4.39 Å². The lowest BCUT2D eigenvalue weighted by molar-refractivity contribution is -0.117. The van der Waals surface area contributed by atoms with Gasteiger partial charge < -0.3 is 14.2 Å². The first-order valence-corrected chi connectivity index (χ1v) is 9.23. The molecule has 26 heavy (non-hydrogen) atoms. The molecule has 1 spiro atoms. The van der Waals surface area contributed by atoms with Crippen LogP contribution in [0.4, 0.5) is 4.39 Å². The van der Waals surface area contributed by atoms with E-state index >= 15 is 0 Å². The Morgan fingerprint density at radius 2 is 1.92 bits per heavy atom. The van der Waals surface area contributed by atoms with Crippen molar-refractivity contribution < 1.29 is 18.4 Å². The highest BCUT2D eigenvalue weighted by molar-refractivity contribution is 6.00. The number of rotatable bonds is 2. The summed E-state index contributed by atoms with van der Waals surface area (Å²) in [6.07, 6.45) is 5.54. The van der Waals surface area contributed by atoms with Gasteiger partial charge in [0.25, 0.3) is 5.91 Å². The molecule has 1 amide bonds. The van der Waals surface area contributed by atoms with Gasteiger partial charge in [0.05, 0.1) is 18.8 Å². The average molecular weight is 358 g/mol. The summed E-state index contributed by atoms with van der Waals surface area (Å²) in [5.74, 6) is 0.0732. The second-order valence-electron chi connectivity index (χ2n) is 7.29. The minimum Gasteiger partial charge on any atom is -0.371 e. The molecule has 0 bridgehead atoms. The van der Waals surface area contributed by atoms with Gasteiger partial charge in [0.15, 0.2) is 0 Å². The maximum atomic E-state index is 13.3. The Bertz CT molecular complexity index is 788. The van der Waals surface area contributed by atoms with Crippen LogP contribution >= 0.6 is 0 Å². The number of carbonyl (C=O) groups excluding carboxylic acids is 1. The monoisotopic (exact) mass is 358 g/mol. The number of morpholine rings is 1. The summed E-state index contributed by atoms with van der Waals surface area (Å²) >= 11 is 0. The normalized spacial score (nSPS) is 19.7. The van der Waals surface area contributed by atoms with Crippen LogP contribution < -0.4 is 0 Å². The van der Waals surface area contributed by atoms with E-state index in [4.69, 9.17) is 9.26 Å². The summed E-state index contributed by atoms with van der Waals surface area (Å²) in [6, 6.07) is 5.95. The van der Waals surface area contributed by atoms with E-state index in [1.54, 1.807) is 19.1 Å². The van der Waals surface area contributed by atoms with Crippen molar-refractivity contribution >= 4 is 5.91 Å². The third-order valence-electron chi connectivity index (χ3n) is 5.49. The Kier molecular flexibility index (Phi) is 4.53. The molecule has 138 valence electrons. The molecule has 1 saturated carbocycles. The van der Waals surface area contributed by atoms with E-state index < -0.39 is 0 Å². The molecule has 0 radical (unpaired) electrons. The molecule has 2 fully saturated rings. The maximum absolute atomic E-state index is 13.3. The van der Waals surface area contributed by atoms with Crippen LogP contribution in [-0.4, -0.2) is 41.3 Å². The zero-order chi connectivity index (χ0) is 18.1. The van der Waals surface area contributed by atoms with Gasteiger partial charge in [-0.3, -0.25) is 4.79 Å². The summed E-state index contributed by atoms with van der Waals surface area (Å²) in [4.78, 5) is 15.1. The minimum absolute atomic E-state index is 0.0867. The van der Waals surface area contributed by atoms with Gasteiger partial charge >= 0.3 is 0 Å². The molecular weight excluding hydrogens is 335 g/mol. The first-order chi connectivity index (χ1) is 12.6. The van der Waals surface area contributed by atoms with Crippen LogP contribution in [-0.2, 0) is 4.74 Å². The third kappa shape index (κ3) is 3.14. The molecule has 1 aliphatic carbocycles. The Morgan fingerprint density at radius 1 is 1.19 bits per heavy atom. The molecule has 0 N–H and O–H groups in total. The minimum atomic E-state index is -0.325. The summed E-state index contributed by atoms with van der Waals surface area (Å²) in [6.45, 7) is 3.47. The molecule has 2 aromatic rings. The lowest BCUT2D eigenvalue weighted by Crippen LogP contribution is -2.54. The molecule has 2 heterocycles. The number of hydrogen-bond acceptors (Lipinski definition) is 4. The van der Waals surface area contributed by atoms with Crippen molar-refractivity contribution in [1.29, 1.82) is 0 Å². The first-order valence-electron chi connectivity index (χ1n) is 9.23. The van der Waals surface area contributed by atoms with Gasteiger partial charge in [-0.15, -0.1) is 0 Å². The van der Waals surface area contributed by atoms with E-state index in [1.807, 2.05) is 4.90 Å². The Morgan fingerprint density at radius 3 is 2.65 bits per heavy atom. The number of halogens is 1. The van der Waals surface area contributed by atoms with Crippen LogP contribution in [0.25, 0.3) is 11.3 Å². The number of amides is 1. The van der Waals surface area contributed by atoms with Crippen LogP contribution in [0, 0.1) is 12.7 Å². The fourth-order valence-corrected chi connectivity index (χ4v) is 4.10. The highest BCUT2D eigenvalue weighted by Crippen LogP contribution is 2.35. The largest absolute Gasteiger partial charge is 0.371 e. The molecule has 5 nitrogen and oxygen atoms in total. The van der Waals surface area contributed by atoms with Gasteiger partial charge in [-0.05, 0) is 44.0 Å². The van der Waals surface area contributed by atoms with Gasteiger partial charge in [0.1, 0.15) is 22.8 Å². The number of aryl methyl sites for hydroxylation is 1. The summed E-state index contributed by atoms with van der Waals surface area (Å²) in [5.41, 5.74) is 1.40. The molecule has 6 heteroatoms. The van der Waals surface area contributed by atoms with Crippen LogP contribution in [0.3, 0.4) is 0 Å². The van der Waals surface area contributed by atoms with Gasteiger partial charge in [-0.1, -0.05) is 24.4 Å². The second-order valence-corrected chi connectivity index (χ2v) is 7.29. The zero-order valence-electron chi connectivity index (χ0n) is 15.0. The quantitative estimate of drug-likeness (QED) is 0.815. The maximum Gasteiger partial charge on any atom is 0.259 e. The average Bonchev–Trinajstić information content (AvgIpc) is 3.04. The molecular formula is C20H23FN2O3. The highest BCUT2D eigenvalue weighted by atomic mass is 19.1. The Balaban J connectivity index is 1.62. The van der Waals surface area contributed by atoms with E-state index in [-0.39, 0.29) is 17.3 Å². The van der Waals surface area contributed by atoms with Gasteiger partial charge in [0, 0.05) is 12.1 Å². The van der Waals surface area contributed by atoms with E-state index in [2.05, 4.69) is 5.16 Å². The fraction of sp³-hybridized carbons (Fsp3) is 0.500. The van der Waals surface area contributed by atoms with Crippen molar-refractivity contribution in [3.63, 3.8) is 0 Å². The van der Waals surface area contributed by atoms with Crippen molar-refractivity contribution in [2.45, 2.75) is 44.6 Å². The molecule has 1 aromatic carbocycles. The van der Waals surface area contributed by atoms with Crippen LogP contribution in [0.5, 0.6) is 0 Å². The standard InChI is InChI=1S/C20H23FN2O3/c1-14-17(18(22-26-14)15-5-7-16(21)8-6-15)19(24)23-11-12-25-20(13-23)9-3-2-4-10-20/h5-8H,2-4,9-13H2,1H3. The van der Waals surface area contributed by atoms with Gasteiger partial charge in [-0.2, -0.15) is 0 Å². The van der Waals surface area contributed by atoms with E-state index in [0.29, 0.717) is 42.3 Å². The van der Waals surface area contributed by atoms with Crippen LogP contribution in [0.15, 0.2) is 28.8 Å². The van der Waals surface area contributed by atoms with E-state index in [0.717, 1.165) is 25.7 Å². The van der Waals surface area contributed by atoms with E-state index in [1.165, 1.54) is 18.6 Å². The van der Waals surface area contributed by atoms with Gasteiger partial charge in [0.2, 0.25) is 0 Å². The topological polar surface area (TPSA) is 55.6 Å². The third-order valence-corrected chi connectivity index (χ3v) is 5.49. The van der Waals surface area contributed by atoms with Crippen molar-refractivity contribution in [2.24, 2.45) is 0 Å².